The summed E-state index contributed by atoms with van der Waals surface area (Å²) < 4.78 is 11.9. The van der Waals surface area contributed by atoms with Crippen LogP contribution in [-0.4, -0.2) is 86.3 Å². The summed E-state index contributed by atoms with van der Waals surface area (Å²) in [6.07, 6.45) is 33.1. The van der Waals surface area contributed by atoms with Crippen molar-refractivity contribution in [1.29, 1.82) is 0 Å². The molecule has 0 fully saturated rings. The zero-order valence-electron chi connectivity index (χ0n) is 36.7. The molecular formula is C46H94N4O4. The molecule has 322 valence electrons. The second kappa shape index (κ2) is 41.4. The molecule has 0 radical (unpaired) electrons. The lowest BCUT2D eigenvalue weighted by Gasteiger charge is -2.25. The summed E-state index contributed by atoms with van der Waals surface area (Å²) in [7, 11) is 0. The van der Waals surface area contributed by atoms with E-state index in [1.165, 1.54) is 77.0 Å². The van der Waals surface area contributed by atoms with E-state index in [1.54, 1.807) is 0 Å². The lowest BCUT2D eigenvalue weighted by atomic mass is 10.0. The highest BCUT2D eigenvalue weighted by Gasteiger charge is 2.16. The van der Waals surface area contributed by atoms with E-state index in [9.17, 15) is 9.59 Å². The third-order valence-electron chi connectivity index (χ3n) is 10.9. The van der Waals surface area contributed by atoms with Gasteiger partial charge in [0.25, 0.3) is 0 Å². The van der Waals surface area contributed by atoms with E-state index in [-0.39, 0.29) is 24.1 Å². The zero-order valence-corrected chi connectivity index (χ0v) is 36.7. The lowest BCUT2D eigenvalue weighted by Crippen LogP contribution is -2.31. The third-order valence-corrected chi connectivity index (χ3v) is 10.9. The van der Waals surface area contributed by atoms with E-state index in [1.807, 2.05) is 0 Å². The number of rotatable bonds is 43. The number of carbonyl (C=O) groups is 2. The van der Waals surface area contributed by atoms with Crippen LogP contribution in [0, 0.1) is 0 Å². The predicted molar refractivity (Wildman–Crippen MR) is 232 cm³/mol. The van der Waals surface area contributed by atoms with Gasteiger partial charge in [0.05, 0.1) is 0 Å². The summed E-state index contributed by atoms with van der Waals surface area (Å²) >= 11 is 0. The first-order valence-electron chi connectivity index (χ1n) is 23.7. The van der Waals surface area contributed by atoms with Gasteiger partial charge in [0.1, 0.15) is 12.2 Å². The Bertz CT molecular complexity index is 737. The number of hydrogen-bond donors (Lipinski definition) is 2. The maximum Gasteiger partial charge on any atom is 0.306 e. The molecule has 8 nitrogen and oxygen atoms in total. The van der Waals surface area contributed by atoms with E-state index < -0.39 is 0 Å². The number of nitrogens with zero attached hydrogens (tertiary/aromatic N) is 2. The molecule has 0 aliphatic heterocycles. The molecule has 4 N–H and O–H groups in total. The fraction of sp³-hybridized carbons (Fsp3) is 0.957. The van der Waals surface area contributed by atoms with Crippen molar-refractivity contribution in [3.8, 4) is 0 Å². The molecule has 0 aromatic heterocycles. The van der Waals surface area contributed by atoms with Crippen molar-refractivity contribution in [2.75, 3.05) is 52.4 Å². The van der Waals surface area contributed by atoms with Crippen molar-refractivity contribution in [2.45, 2.75) is 233 Å². The van der Waals surface area contributed by atoms with Crippen LogP contribution < -0.4 is 11.5 Å². The Morgan fingerprint density at radius 2 is 0.685 bits per heavy atom. The molecule has 2 unspecified atom stereocenters. The van der Waals surface area contributed by atoms with E-state index in [4.69, 9.17) is 20.9 Å². The topological polar surface area (TPSA) is 111 Å². The first-order valence-corrected chi connectivity index (χ1v) is 23.7. The summed E-state index contributed by atoms with van der Waals surface area (Å²) in [5.41, 5.74) is 11.8. The van der Waals surface area contributed by atoms with Crippen molar-refractivity contribution in [1.82, 2.24) is 9.80 Å². The van der Waals surface area contributed by atoms with Gasteiger partial charge in [0.15, 0.2) is 0 Å². The SMILES string of the molecule is CCCCCCCC(CCCC)OC(=O)CCCCCN(CCCN)CCCCN(CCCN)CCCCCC(=O)OC(CCCC)CCCCCCC. The Kier molecular flexibility index (Phi) is 40.5. The third kappa shape index (κ3) is 35.2. The monoisotopic (exact) mass is 767 g/mol. The molecule has 0 aromatic carbocycles. The summed E-state index contributed by atoms with van der Waals surface area (Å²) in [6, 6.07) is 0. The summed E-state index contributed by atoms with van der Waals surface area (Å²) in [5.74, 6) is 0.00202. The number of nitrogens with two attached hydrogens (primary N) is 2. The van der Waals surface area contributed by atoms with Crippen molar-refractivity contribution in [3.05, 3.63) is 0 Å². The second-order valence-corrected chi connectivity index (χ2v) is 16.2. The standard InChI is InChI=1S/C46H94N4O4/c1-5-9-13-15-19-31-43(29-11-7-3)53-45(51)33-21-17-23-37-49(41-27-35-47)39-25-26-40-50(42-28-36-48)38-24-18-22-34-46(52)54-44(30-12-8-4)32-20-16-14-10-6-2/h43-44H,5-42,47-48H2,1-4H3. The van der Waals surface area contributed by atoms with Crippen molar-refractivity contribution in [3.63, 3.8) is 0 Å². The van der Waals surface area contributed by atoms with Crippen LogP contribution in [0.1, 0.15) is 220 Å². The van der Waals surface area contributed by atoms with Crippen LogP contribution in [0.15, 0.2) is 0 Å². The van der Waals surface area contributed by atoms with E-state index in [0.29, 0.717) is 12.8 Å². The fourth-order valence-electron chi connectivity index (χ4n) is 7.36. The van der Waals surface area contributed by atoms with E-state index >= 15 is 0 Å². The van der Waals surface area contributed by atoms with Gasteiger partial charge in [-0.1, -0.05) is 118 Å². The molecule has 0 saturated carbocycles. The maximum absolute atomic E-state index is 12.7. The smallest absolute Gasteiger partial charge is 0.306 e. The Labute approximate surface area is 336 Å². The summed E-state index contributed by atoms with van der Waals surface area (Å²) in [4.78, 5) is 30.5. The molecule has 0 spiro atoms. The number of carbonyl (C=O) groups excluding carboxylic acids is 2. The first-order chi connectivity index (χ1) is 26.4. The molecule has 0 bridgehead atoms. The van der Waals surface area contributed by atoms with Crippen LogP contribution in [0.4, 0.5) is 0 Å². The zero-order chi connectivity index (χ0) is 39.7. The molecule has 2 atom stereocenters. The number of esters is 2. The van der Waals surface area contributed by atoms with Crippen molar-refractivity contribution in [2.24, 2.45) is 11.5 Å². The minimum atomic E-state index is 0.00101. The van der Waals surface area contributed by atoms with Gasteiger partial charge in [0, 0.05) is 12.8 Å². The molecule has 0 aliphatic carbocycles. The van der Waals surface area contributed by atoms with Crippen LogP contribution in [0.25, 0.3) is 0 Å². The molecule has 0 heterocycles. The van der Waals surface area contributed by atoms with Crippen LogP contribution in [0.2, 0.25) is 0 Å². The Hall–Kier alpha value is -1.22. The number of hydrogen-bond acceptors (Lipinski definition) is 8. The normalized spacial score (nSPS) is 12.8. The average Bonchev–Trinajstić information content (AvgIpc) is 3.17. The van der Waals surface area contributed by atoms with Gasteiger partial charge >= 0.3 is 11.9 Å². The highest BCUT2D eigenvalue weighted by atomic mass is 16.5. The van der Waals surface area contributed by atoms with Crippen molar-refractivity contribution >= 4 is 11.9 Å². The van der Waals surface area contributed by atoms with Crippen molar-refractivity contribution < 1.29 is 19.1 Å². The Morgan fingerprint density at radius 3 is 1.04 bits per heavy atom. The number of ether oxygens (including phenoxy) is 2. The molecule has 0 aliphatic rings. The van der Waals surface area contributed by atoms with Gasteiger partial charge in [-0.25, -0.2) is 0 Å². The molecule has 54 heavy (non-hydrogen) atoms. The van der Waals surface area contributed by atoms with Crippen LogP contribution in [-0.2, 0) is 19.1 Å². The molecule has 0 rings (SSSR count). The second-order valence-electron chi connectivity index (χ2n) is 16.2. The Morgan fingerprint density at radius 1 is 0.389 bits per heavy atom. The number of unbranched alkanes of at least 4 members (excludes halogenated alkanes) is 15. The van der Waals surface area contributed by atoms with Gasteiger partial charge in [-0.15, -0.1) is 0 Å². The molecule has 0 saturated heterocycles. The molecule has 0 aromatic rings. The van der Waals surface area contributed by atoms with Gasteiger partial charge in [-0.05, 0) is 142 Å². The largest absolute Gasteiger partial charge is 0.462 e. The Balaban J connectivity index is 4.43. The summed E-state index contributed by atoms with van der Waals surface area (Å²) in [6.45, 7) is 16.8. The van der Waals surface area contributed by atoms with Gasteiger partial charge in [0.2, 0.25) is 0 Å². The summed E-state index contributed by atoms with van der Waals surface area (Å²) in [5, 5.41) is 0. The van der Waals surface area contributed by atoms with Crippen LogP contribution >= 0.6 is 0 Å². The van der Waals surface area contributed by atoms with Crippen LogP contribution in [0.3, 0.4) is 0 Å². The quantitative estimate of drug-likeness (QED) is 0.0466. The minimum absolute atomic E-state index is 0.00101. The van der Waals surface area contributed by atoms with E-state index in [0.717, 1.165) is 155 Å². The highest BCUT2D eigenvalue weighted by Crippen LogP contribution is 2.18. The van der Waals surface area contributed by atoms with E-state index in [2.05, 4.69) is 37.5 Å². The van der Waals surface area contributed by atoms with Gasteiger partial charge in [-0.2, -0.15) is 0 Å². The molecule has 0 amide bonds. The molecular weight excluding hydrogens is 673 g/mol. The first kappa shape index (κ1) is 52.8. The molecule has 8 heteroatoms. The van der Waals surface area contributed by atoms with Gasteiger partial charge in [-0.3, -0.25) is 9.59 Å². The predicted octanol–water partition coefficient (Wildman–Crippen LogP) is 11.1. The lowest BCUT2D eigenvalue weighted by molar-refractivity contribution is -0.151. The minimum Gasteiger partial charge on any atom is -0.462 e. The average molecular weight is 767 g/mol. The maximum atomic E-state index is 12.7. The highest BCUT2D eigenvalue weighted by molar-refractivity contribution is 5.69. The van der Waals surface area contributed by atoms with Crippen LogP contribution in [0.5, 0.6) is 0 Å². The van der Waals surface area contributed by atoms with Gasteiger partial charge < -0.3 is 30.7 Å². The fourth-order valence-corrected chi connectivity index (χ4v) is 7.36.